The van der Waals surface area contributed by atoms with E-state index in [9.17, 15) is 9.59 Å². The maximum atomic E-state index is 12.5. The highest BCUT2D eigenvalue weighted by molar-refractivity contribution is 6.09. The first-order chi connectivity index (χ1) is 10.7. The van der Waals surface area contributed by atoms with E-state index < -0.39 is 11.4 Å². The summed E-state index contributed by atoms with van der Waals surface area (Å²) in [5, 5.41) is 1.51. The molecule has 0 saturated carbocycles. The quantitative estimate of drug-likeness (QED) is 0.416. The Morgan fingerprint density at radius 1 is 0.773 bits per heavy atom. The summed E-state index contributed by atoms with van der Waals surface area (Å²) in [6, 6.07) is 17.5. The number of fused-ring (bicyclic) bond motifs is 2. The van der Waals surface area contributed by atoms with Crippen LogP contribution in [0.2, 0.25) is 0 Å². The zero-order chi connectivity index (χ0) is 15.1. The number of carbonyl (C=O) groups excluding carboxylic acids is 1. The van der Waals surface area contributed by atoms with E-state index in [1.165, 1.54) is 6.07 Å². The van der Waals surface area contributed by atoms with Gasteiger partial charge in [0.25, 0.3) is 0 Å². The van der Waals surface area contributed by atoms with Crippen LogP contribution in [-0.4, -0.2) is 5.78 Å². The number of benzene rings is 2. The van der Waals surface area contributed by atoms with E-state index in [4.69, 9.17) is 8.83 Å². The van der Waals surface area contributed by atoms with Gasteiger partial charge in [-0.3, -0.25) is 4.79 Å². The van der Waals surface area contributed by atoms with E-state index >= 15 is 0 Å². The molecule has 0 aliphatic rings. The molecule has 0 spiro atoms. The van der Waals surface area contributed by atoms with Crippen LogP contribution in [-0.2, 0) is 0 Å². The molecule has 0 aliphatic heterocycles. The standard InChI is InChI=1S/C18H10O4/c19-17(16-10-12-6-2-3-7-14(12)21-16)13-9-11-5-1-4-8-15(11)22-18(13)20/h1-10H. The number of carbonyl (C=O) groups is 1. The third-order valence-electron chi connectivity index (χ3n) is 3.54. The summed E-state index contributed by atoms with van der Waals surface area (Å²) in [6.07, 6.45) is 0. The highest BCUT2D eigenvalue weighted by Crippen LogP contribution is 2.21. The fraction of sp³-hybridized carbons (Fsp3) is 0. The molecule has 2 aromatic heterocycles. The SMILES string of the molecule is O=C(c1cc2ccccc2o1)c1cc2ccccc2oc1=O. The molecule has 4 rings (SSSR count). The molecule has 0 bridgehead atoms. The van der Waals surface area contributed by atoms with Crippen molar-refractivity contribution >= 4 is 27.7 Å². The van der Waals surface area contributed by atoms with Crippen molar-refractivity contribution in [1.82, 2.24) is 0 Å². The smallest absolute Gasteiger partial charge is 0.347 e. The summed E-state index contributed by atoms with van der Waals surface area (Å²) >= 11 is 0. The number of para-hydroxylation sites is 2. The van der Waals surface area contributed by atoms with Gasteiger partial charge in [-0.15, -0.1) is 0 Å². The highest BCUT2D eigenvalue weighted by Gasteiger charge is 2.19. The summed E-state index contributed by atoms with van der Waals surface area (Å²) < 4.78 is 10.7. The topological polar surface area (TPSA) is 60.4 Å². The highest BCUT2D eigenvalue weighted by atomic mass is 16.4. The lowest BCUT2D eigenvalue weighted by Crippen LogP contribution is -2.14. The molecular weight excluding hydrogens is 280 g/mol. The van der Waals surface area contributed by atoms with Crippen LogP contribution in [0.4, 0.5) is 0 Å². The van der Waals surface area contributed by atoms with Crippen molar-refractivity contribution < 1.29 is 13.6 Å². The van der Waals surface area contributed by atoms with Crippen LogP contribution < -0.4 is 5.63 Å². The van der Waals surface area contributed by atoms with Gasteiger partial charge in [0.15, 0.2) is 5.76 Å². The van der Waals surface area contributed by atoms with Crippen LogP contribution in [0, 0.1) is 0 Å². The molecule has 106 valence electrons. The zero-order valence-corrected chi connectivity index (χ0v) is 11.4. The number of ketones is 1. The fourth-order valence-electron chi connectivity index (χ4n) is 2.45. The van der Waals surface area contributed by atoms with Gasteiger partial charge in [-0.1, -0.05) is 36.4 Å². The molecule has 4 nitrogen and oxygen atoms in total. The van der Waals surface area contributed by atoms with Crippen molar-refractivity contribution in [3.63, 3.8) is 0 Å². The van der Waals surface area contributed by atoms with Gasteiger partial charge < -0.3 is 8.83 Å². The molecule has 0 amide bonds. The van der Waals surface area contributed by atoms with Crippen molar-refractivity contribution in [2.75, 3.05) is 0 Å². The molecule has 0 N–H and O–H groups in total. The van der Waals surface area contributed by atoms with Crippen LogP contribution in [0.25, 0.3) is 21.9 Å². The van der Waals surface area contributed by atoms with E-state index in [0.717, 1.165) is 5.39 Å². The van der Waals surface area contributed by atoms with E-state index in [0.29, 0.717) is 16.6 Å². The largest absolute Gasteiger partial charge is 0.453 e. The van der Waals surface area contributed by atoms with Crippen molar-refractivity contribution in [2.24, 2.45) is 0 Å². The Bertz CT molecular complexity index is 1040. The molecule has 0 saturated heterocycles. The van der Waals surface area contributed by atoms with E-state index in [-0.39, 0.29) is 11.3 Å². The number of hydrogen-bond donors (Lipinski definition) is 0. The lowest BCUT2D eigenvalue weighted by molar-refractivity contribution is 0.101. The Morgan fingerprint density at radius 2 is 1.36 bits per heavy atom. The molecule has 4 aromatic rings. The lowest BCUT2D eigenvalue weighted by atomic mass is 10.1. The molecule has 0 fully saturated rings. The van der Waals surface area contributed by atoms with Crippen LogP contribution in [0.5, 0.6) is 0 Å². The molecule has 2 heterocycles. The van der Waals surface area contributed by atoms with E-state index in [2.05, 4.69) is 0 Å². The molecular formula is C18H10O4. The Morgan fingerprint density at radius 3 is 2.05 bits per heavy atom. The van der Waals surface area contributed by atoms with Crippen molar-refractivity contribution in [3.8, 4) is 0 Å². The number of hydrogen-bond acceptors (Lipinski definition) is 4. The second-order valence-corrected chi connectivity index (χ2v) is 4.96. The average Bonchev–Trinajstić information content (AvgIpc) is 2.97. The lowest BCUT2D eigenvalue weighted by Gasteiger charge is -1.99. The molecule has 22 heavy (non-hydrogen) atoms. The Labute approximate surface area is 124 Å². The minimum Gasteiger partial charge on any atom is -0.453 e. The summed E-state index contributed by atoms with van der Waals surface area (Å²) in [5.74, 6) is -0.348. The molecule has 2 aromatic carbocycles. The molecule has 0 aliphatic carbocycles. The summed E-state index contributed by atoms with van der Waals surface area (Å²) in [4.78, 5) is 24.6. The first-order valence-corrected chi connectivity index (χ1v) is 6.78. The van der Waals surface area contributed by atoms with Gasteiger partial charge in [0.2, 0.25) is 5.78 Å². The van der Waals surface area contributed by atoms with Crippen LogP contribution in [0.3, 0.4) is 0 Å². The summed E-state index contributed by atoms with van der Waals surface area (Å²) in [5.41, 5.74) is 0.367. The molecule has 0 radical (unpaired) electrons. The first kappa shape index (κ1) is 12.6. The van der Waals surface area contributed by atoms with Gasteiger partial charge in [0, 0.05) is 10.8 Å². The van der Waals surface area contributed by atoms with E-state index in [1.54, 1.807) is 30.3 Å². The van der Waals surface area contributed by atoms with Gasteiger partial charge in [0.05, 0.1) is 0 Å². The number of rotatable bonds is 2. The Kier molecular flexibility index (Phi) is 2.69. The minimum atomic E-state index is -0.663. The van der Waals surface area contributed by atoms with Crippen molar-refractivity contribution in [2.45, 2.75) is 0 Å². The maximum absolute atomic E-state index is 12.5. The monoisotopic (exact) mass is 290 g/mol. The zero-order valence-electron chi connectivity index (χ0n) is 11.4. The predicted molar refractivity (Wildman–Crippen MR) is 82.1 cm³/mol. The molecule has 4 heteroatoms. The second-order valence-electron chi connectivity index (χ2n) is 4.96. The van der Waals surface area contributed by atoms with E-state index in [1.807, 2.05) is 24.3 Å². The van der Waals surface area contributed by atoms with Gasteiger partial charge in [0.1, 0.15) is 16.7 Å². The fourth-order valence-corrected chi connectivity index (χ4v) is 2.45. The van der Waals surface area contributed by atoms with Crippen molar-refractivity contribution in [3.05, 3.63) is 82.4 Å². The summed E-state index contributed by atoms with van der Waals surface area (Å²) in [7, 11) is 0. The van der Waals surface area contributed by atoms with Gasteiger partial charge in [-0.05, 0) is 24.3 Å². The van der Waals surface area contributed by atoms with Gasteiger partial charge in [-0.25, -0.2) is 4.79 Å². The minimum absolute atomic E-state index is 0.0299. The van der Waals surface area contributed by atoms with Gasteiger partial charge >= 0.3 is 5.63 Å². The van der Waals surface area contributed by atoms with Crippen LogP contribution in [0.1, 0.15) is 16.1 Å². The molecule has 0 unspecified atom stereocenters. The van der Waals surface area contributed by atoms with Gasteiger partial charge in [-0.2, -0.15) is 0 Å². The summed E-state index contributed by atoms with van der Waals surface area (Å²) in [6.45, 7) is 0. The predicted octanol–water partition coefficient (Wildman–Crippen LogP) is 3.77. The second kappa shape index (κ2) is 4.70. The Balaban J connectivity index is 1.88. The third kappa shape index (κ3) is 1.93. The number of furan rings is 1. The normalized spacial score (nSPS) is 11.1. The maximum Gasteiger partial charge on any atom is 0.347 e. The third-order valence-corrected chi connectivity index (χ3v) is 3.54. The molecule has 0 atom stereocenters. The van der Waals surface area contributed by atoms with Crippen molar-refractivity contribution in [1.29, 1.82) is 0 Å². The average molecular weight is 290 g/mol. The van der Waals surface area contributed by atoms with Crippen LogP contribution in [0.15, 0.2) is 74.3 Å². The Hall–Kier alpha value is -3.14. The van der Waals surface area contributed by atoms with Crippen LogP contribution >= 0.6 is 0 Å². The first-order valence-electron chi connectivity index (χ1n) is 6.78.